The molecule has 0 aliphatic carbocycles. The fraction of sp³-hybridized carbons (Fsp3) is 0.200. The van der Waals surface area contributed by atoms with E-state index in [4.69, 9.17) is 5.11 Å². The highest BCUT2D eigenvalue weighted by Crippen LogP contribution is 2.14. The second kappa shape index (κ2) is 3.36. The number of rotatable bonds is 2. The number of hydrogen-bond acceptors (Lipinski definition) is 2. The standard InChI is InChI=1S/C5H4Br2N2O2/c6-1-2-8-3(5(10)11)4(7)9-2/h1H2,(H,8,9)(H,10,11). The van der Waals surface area contributed by atoms with Gasteiger partial charge >= 0.3 is 5.97 Å². The molecule has 2 N–H and O–H groups in total. The number of alkyl halides is 1. The maximum atomic E-state index is 10.4. The zero-order valence-corrected chi connectivity index (χ0v) is 8.44. The zero-order chi connectivity index (χ0) is 8.43. The number of nitrogens with zero attached hydrogens (tertiary/aromatic N) is 1. The number of carboxylic acid groups (broad SMARTS) is 1. The van der Waals surface area contributed by atoms with Crippen molar-refractivity contribution in [3.63, 3.8) is 0 Å². The van der Waals surface area contributed by atoms with Gasteiger partial charge in [-0.3, -0.25) is 0 Å². The number of aromatic amines is 1. The first-order valence-corrected chi connectivity index (χ1v) is 4.60. The minimum Gasteiger partial charge on any atom is -0.476 e. The minimum atomic E-state index is -1.04. The first-order chi connectivity index (χ1) is 5.15. The Morgan fingerprint density at radius 1 is 1.73 bits per heavy atom. The molecule has 0 aliphatic heterocycles. The number of nitrogens with one attached hydrogen (secondary N) is 1. The van der Waals surface area contributed by atoms with Gasteiger partial charge < -0.3 is 10.1 Å². The Hall–Kier alpha value is -0.360. The van der Waals surface area contributed by atoms with Crippen molar-refractivity contribution in [1.82, 2.24) is 9.97 Å². The van der Waals surface area contributed by atoms with Crippen molar-refractivity contribution in [2.24, 2.45) is 0 Å². The van der Waals surface area contributed by atoms with Gasteiger partial charge in [-0.15, -0.1) is 0 Å². The number of H-pyrrole nitrogens is 1. The molecule has 0 atom stereocenters. The van der Waals surface area contributed by atoms with Crippen LogP contribution >= 0.6 is 31.9 Å². The summed E-state index contributed by atoms with van der Waals surface area (Å²) in [5.41, 5.74) is 0.0134. The molecule has 0 fully saturated rings. The number of imidazole rings is 1. The lowest BCUT2D eigenvalue weighted by atomic mass is 10.5. The third kappa shape index (κ3) is 1.81. The lowest BCUT2D eigenvalue weighted by molar-refractivity contribution is 0.0690. The summed E-state index contributed by atoms with van der Waals surface area (Å²) in [5, 5.41) is 9.06. The van der Waals surface area contributed by atoms with Crippen LogP contribution < -0.4 is 0 Å². The summed E-state index contributed by atoms with van der Waals surface area (Å²) in [6.07, 6.45) is 0. The zero-order valence-electron chi connectivity index (χ0n) is 5.27. The quantitative estimate of drug-likeness (QED) is 0.813. The molecule has 0 saturated heterocycles. The van der Waals surface area contributed by atoms with Crippen molar-refractivity contribution >= 4 is 37.8 Å². The van der Waals surface area contributed by atoms with Gasteiger partial charge in [0.1, 0.15) is 10.4 Å². The summed E-state index contributed by atoms with van der Waals surface area (Å²) in [6, 6.07) is 0. The number of hydrogen-bond donors (Lipinski definition) is 2. The molecule has 0 amide bonds. The minimum absolute atomic E-state index is 0.0134. The topological polar surface area (TPSA) is 66.0 Å². The van der Waals surface area contributed by atoms with E-state index in [-0.39, 0.29) is 5.69 Å². The van der Waals surface area contributed by atoms with E-state index in [1.54, 1.807) is 0 Å². The molecule has 1 aromatic rings. The van der Waals surface area contributed by atoms with Crippen LogP contribution in [0.1, 0.15) is 16.3 Å². The molecule has 1 heterocycles. The largest absolute Gasteiger partial charge is 0.476 e. The number of aromatic carboxylic acids is 1. The van der Waals surface area contributed by atoms with Crippen LogP contribution in [0.3, 0.4) is 0 Å². The van der Waals surface area contributed by atoms with Crippen LogP contribution in [0.2, 0.25) is 0 Å². The third-order valence-corrected chi connectivity index (χ3v) is 2.14. The Labute approximate surface area is 79.3 Å². The molecule has 1 rings (SSSR count). The van der Waals surface area contributed by atoms with Crippen molar-refractivity contribution in [2.75, 3.05) is 0 Å². The van der Waals surface area contributed by atoms with Gasteiger partial charge in [0, 0.05) is 0 Å². The fourth-order valence-corrected chi connectivity index (χ4v) is 1.36. The van der Waals surface area contributed by atoms with Crippen molar-refractivity contribution < 1.29 is 9.90 Å². The highest BCUT2D eigenvalue weighted by Gasteiger charge is 2.13. The highest BCUT2D eigenvalue weighted by molar-refractivity contribution is 9.10. The molecule has 0 saturated carbocycles. The van der Waals surface area contributed by atoms with E-state index in [1.807, 2.05) is 0 Å². The second-order valence-corrected chi connectivity index (χ2v) is 3.14. The Balaban J connectivity index is 3.07. The first kappa shape index (κ1) is 8.73. The molecule has 0 aromatic carbocycles. The number of aromatic nitrogens is 2. The highest BCUT2D eigenvalue weighted by atomic mass is 79.9. The van der Waals surface area contributed by atoms with E-state index in [1.165, 1.54) is 0 Å². The SMILES string of the molecule is O=C(O)c1nc(CBr)[nH]c1Br. The predicted octanol–water partition coefficient (Wildman–Crippen LogP) is 1.77. The number of carboxylic acids is 1. The molecule has 0 unspecified atom stereocenters. The van der Waals surface area contributed by atoms with E-state index in [0.717, 1.165) is 0 Å². The smallest absolute Gasteiger partial charge is 0.357 e. The van der Waals surface area contributed by atoms with Gasteiger partial charge in [0.05, 0.1) is 5.33 Å². The lowest BCUT2D eigenvalue weighted by Gasteiger charge is -1.83. The summed E-state index contributed by atoms with van der Waals surface area (Å²) in [7, 11) is 0. The van der Waals surface area contributed by atoms with Gasteiger partial charge in [-0.25, -0.2) is 9.78 Å². The van der Waals surface area contributed by atoms with Crippen LogP contribution in [0.15, 0.2) is 4.60 Å². The van der Waals surface area contributed by atoms with Crippen molar-refractivity contribution in [2.45, 2.75) is 5.33 Å². The van der Waals surface area contributed by atoms with E-state index < -0.39 is 5.97 Å². The summed E-state index contributed by atoms with van der Waals surface area (Å²) >= 11 is 6.19. The molecule has 0 spiro atoms. The molecule has 11 heavy (non-hydrogen) atoms. The molecule has 0 aliphatic rings. The summed E-state index contributed by atoms with van der Waals surface area (Å²) in [4.78, 5) is 17.0. The normalized spacial score (nSPS) is 10.0. The van der Waals surface area contributed by atoms with Crippen LogP contribution in [-0.4, -0.2) is 21.0 Å². The maximum absolute atomic E-state index is 10.4. The van der Waals surface area contributed by atoms with Gasteiger partial charge in [0.25, 0.3) is 0 Å². The Kier molecular flexibility index (Phi) is 2.67. The average molecular weight is 284 g/mol. The van der Waals surface area contributed by atoms with Gasteiger partial charge in [0.2, 0.25) is 0 Å². The van der Waals surface area contributed by atoms with Crippen LogP contribution in [0.5, 0.6) is 0 Å². The van der Waals surface area contributed by atoms with E-state index in [2.05, 4.69) is 41.8 Å². The van der Waals surface area contributed by atoms with Crippen LogP contribution in [-0.2, 0) is 5.33 Å². The van der Waals surface area contributed by atoms with Crippen molar-refractivity contribution in [3.8, 4) is 0 Å². The third-order valence-electron chi connectivity index (χ3n) is 1.04. The molecule has 1 aromatic heterocycles. The molecule has 4 nitrogen and oxygen atoms in total. The van der Waals surface area contributed by atoms with Gasteiger partial charge in [-0.05, 0) is 15.9 Å². The van der Waals surface area contributed by atoms with Gasteiger partial charge in [0.15, 0.2) is 5.69 Å². The van der Waals surface area contributed by atoms with E-state index in [9.17, 15) is 4.79 Å². The van der Waals surface area contributed by atoms with Crippen molar-refractivity contribution in [1.29, 1.82) is 0 Å². The maximum Gasteiger partial charge on any atom is 0.357 e. The summed E-state index contributed by atoms with van der Waals surface area (Å²) in [6.45, 7) is 0. The fourth-order valence-electron chi connectivity index (χ4n) is 0.603. The monoisotopic (exact) mass is 282 g/mol. The molecule has 0 bridgehead atoms. The molecule has 60 valence electrons. The lowest BCUT2D eigenvalue weighted by Crippen LogP contribution is -1.97. The molecular weight excluding hydrogens is 280 g/mol. The van der Waals surface area contributed by atoms with Crippen LogP contribution in [0.25, 0.3) is 0 Å². The summed E-state index contributed by atoms with van der Waals surface area (Å²) in [5.74, 6) is -0.449. The average Bonchev–Trinajstić information content (AvgIpc) is 2.30. The Bertz CT molecular complexity index is 284. The van der Waals surface area contributed by atoms with E-state index >= 15 is 0 Å². The van der Waals surface area contributed by atoms with Crippen LogP contribution in [0, 0.1) is 0 Å². The Morgan fingerprint density at radius 2 is 2.36 bits per heavy atom. The second-order valence-electron chi connectivity index (χ2n) is 1.78. The van der Waals surface area contributed by atoms with Crippen molar-refractivity contribution in [3.05, 3.63) is 16.1 Å². The molecule has 6 heteroatoms. The first-order valence-electron chi connectivity index (χ1n) is 2.68. The van der Waals surface area contributed by atoms with Gasteiger partial charge in [-0.1, -0.05) is 15.9 Å². The van der Waals surface area contributed by atoms with Crippen LogP contribution in [0.4, 0.5) is 0 Å². The van der Waals surface area contributed by atoms with E-state index in [0.29, 0.717) is 15.8 Å². The molecule has 0 radical (unpaired) electrons. The predicted molar refractivity (Wildman–Crippen MR) is 45.9 cm³/mol. The number of carbonyl (C=O) groups is 1. The molecular formula is C5H4Br2N2O2. The summed E-state index contributed by atoms with van der Waals surface area (Å²) < 4.78 is 0.402. The number of halogens is 2. The van der Waals surface area contributed by atoms with Gasteiger partial charge in [-0.2, -0.15) is 0 Å². The Morgan fingerprint density at radius 3 is 2.64 bits per heavy atom.